The molecule has 132 valence electrons. The predicted octanol–water partition coefficient (Wildman–Crippen LogP) is 4.42. The molecule has 0 saturated heterocycles. The van der Waals surface area contributed by atoms with Crippen LogP contribution in [0, 0.1) is 25.5 Å². The van der Waals surface area contributed by atoms with Crippen molar-refractivity contribution in [1.82, 2.24) is 9.97 Å². The first-order valence-electron chi connectivity index (χ1n) is 7.77. The second-order valence-corrected chi connectivity index (χ2v) is 5.64. The molecule has 0 saturated carbocycles. The average molecular weight is 355 g/mol. The molecule has 0 fully saturated rings. The van der Waals surface area contributed by atoms with E-state index < -0.39 is 17.5 Å². The van der Waals surface area contributed by atoms with E-state index >= 15 is 0 Å². The lowest BCUT2D eigenvalue weighted by Crippen LogP contribution is -2.13. The van der Waals surface area contributed by atoms with E-state index in [2.05, 4.69) is 15.3 Å². The number of nitrogens with zero attached hydrogens (tertiary/aromatic N) is 2. The summed E-state index contributed by atoms with van der Waals surface area (Å²) in [6.45, 7) is 3.66. The van der Waals surface area contributed by atoms with Crippen LogP contribution in [0.25, 0.3) is 0 Å². The number of halogens is 2. The highest BCUT2D eigenvalue weighted by Gasteiger charge is 2.13. The third kappa shape index (κ3) is 4.18. The Morgan fingerprint density at radius 1 is 1.00 bits per heavy atom. The van der Waals surface area contributed by atoms with Gasteiger partial charge in [0.1, 0.15) is 17.4 Å². The highest BCUT2D eigenvalue weighted by molar-refractivity contribution is 6.04. The molecule has 3 rings (SSSR count). The van der Waals surface area contributed by atoms with Crippen molar-refractivity contribution < 1.29 is 18.3 Å². The molecule has 1 aromatic heterocycles. The number of nitrogens with one attached hydrogen (secondary N) is 1. The summed E-state index contributed by atoms with van der Waals surface area (Å²) in [5, 5.41) is 2.55. The number of carbonyl (C=O) groups excluding carboxylic acids is 1. The standard InChI is InChI=1S/C19H15F2N3O2/c1-11-8-12(2)23-19(22-11)26-15-5-3-4-14(10-15)24-18(25)16-7-6-13(20)9-17(16)21/h3-10H,1-2H3,(H,24,25). The first kappa shape index (κ1) is 17.5. The van der Waals surface area contributed by atoms with Gasteiger partial charge in [-0.2, -0.15) is 0 Å². The van der Waals surface area contributed by atoms with Gasteiger partial charge in [-0.3, -0.25) is 4.79 Å². The second-order valence-electron chi connectivity index (χ2n) is 5.64. The molecule has 5 nitrogen and oxygen atoms in total. The van der Waals surface area contributed by atoms with Crippen molar-refractivity contribution in [1.29, 1.82) is 0 Å². The molecule has 0 aliphatic heterocycles. The Morgan fingerprint density at radius 3 is 2.42 bits per heavy atom. The molecule has 0 radical (unpaired) electrons. The summed E-state index contributed by atoms with van der Waals surface area (Å²) in [6.07, 6.45) is 0. The van der Waals surface area contributed by atoms with Gasteiger partial charge in [0.2, 0.25) is 0 Å². The molecule has 0 unspecified atom stereocenters. The lowest BCUT2D eigenvalue weighted by molar-refractivity contribution is 0.102. The van der Waals surface area contributed by atoms with E-state index in [-0.39, 0.29) is 11.6 Å². The van der Waals surface area contributed by atoms with Crippen molar-refractivity contribution in [3.8, 4) is 11.8 Å². The number of benzene rings is 2. The van der Waals surface area contributed by atoms with Crippen LogP contribution in [-0.4, -0.2) is 15.9 Å². The Hall–Kier alpha value is -3.35. The molecule has 0 bridgehead atoms. The maximum absolute atomic E-state index is 13.7. The maximum atomic E-state index is 13.7. The van der Waals surface area contributed by atoms with Crippen LogP contribution in [0.15, 0.2) is 48.5 Å². The first-order chi connectivity index (χ1) is 12.4. The van der Waals surface area contributed by atoms with Crippen LogP contribution in [0.4, 0.5) is 14.5 Å². The Labute approximate surface area is 148 Å². The van der Waals surface area contributed by atoms with Gasteiger partial charge < -0.3 is 10.1 Å². The van der Waals surface area contributed by atoms with E-state index in [1.807, 2.05) is 19.9 Å². The molecule has 0 aliphatic carbocycles. The van der Waals surface area contributed by atoms with Gasteiger partial charge >= 0.3 is 6.01 Å². The van der Waals surface area contributed by atoms with Gasteiger partial charge in [-0.25, -0.2) is 18.7 Å². The van der Waals surface area contributed by atoms with Crippen molar-refractivity contribution in [2.45, 2.75) is 13.8 Å². The smallest absolute Gasteiger partial charge is 0.322 e. The van der Waals surface area contributed by atoms with Crippen molar-refractivity contribution >= 4 is 11.6 Å². The molecule has 0 atom stereocenters. The zero-order valence-electron chi connectivity index (χ0n) is 14.1. The fourth-order valence-electron chi connectivity index (χ4n) is 2.35. The lowest BCUT2D eigenvalue weighted by atomic mass is 10.2. The van der Waals surface area contributed by atoms with Gasteiger partial charge in [-0.15, -0.1) is 0 Å². The number of carbonyl (C=O) groups is 1. The number of rotatable bonds is 4. The van der Waals surface area contributed by atoms with Gasteiger partial charge in [-0.05, 0) is 44.2 Å². The zero-order chi connectivity index (χ0) is 18.7. The topological polar surface area (TPSA) is 64.1 Å². The first-order valence-corrected chi connectivity index (χ1v) is 7.77. The van der Waals surface area contributed by atoms with Crippen LogP contribution >= 0.6 is 0 Å². The van der Waals surface area contributed by atoms with Crippen molar-refractivity contribution in [2.75, 3.05) is 5.32 Å². The van der Waals surface area contributed by atoms with Gasteiger partial charge in [0.15, 0.2) is 0 Å². The predicted molar refractivity (Wildman–Crippen MR) is 92.3 cm³/mol. The molecule has 2 aromatic carbocycles. The lowest BCUT2D eigenvalue weighted by Gasteiger charge is -2.09. The summed E-state index contributed by atoms with van der Waals surface area (Å²) in [7, 11) is 0. The second kappa shape index (κ2) is 7.26. The summed E-state index contributed by atoms with van der Waals surface area (Å²) >= 11 is 0. The summed E-state index contributed by atoms with van der Waals surface area (Å²) < 4.78 is 32.3. The molecule has 1 amide bonds. The quantitative estimate of drug-likeness (QED) is 0.753. The minimum absolute atomic E-state index is 0.190. The van der Waals surface area contributed by atoms with Gasteiger partial charge in [-0.1, -0.05) is 6.07 Å². The molecular weight excluding hydrogens is 340 g/mol. The number of aryl methyl sites for hydroxylation is 2. The molecule has 0 spiro atoms. The van der Waals surface area contributed by atoms with Crippen molar-refractivity contribution in [3.05, 3.63) is 77.1 Å². The van der Waals surface area contributed by atoms with Crippen molar-refractivity contribution in [3.63, 3.8) is 0 Å². The van der Waals surface area contributed by atoms with Crippen LogP contribution in [0.1, 0.15) is 21.7 Å². The number of hydrogen-bond donors (Lipinski definition) is 1. The summed E-state index contributed by atoms with van der Waals surface area (Å²) in [4.78, 5) is 20.5. The normalized spacial score (nSPS) is 10.5. The van der Waals surface area contributed by atoms with Gasteiger partial charge in [0.25, 0.3) is 5.91 Å². The van der Waals surface area contributed by atoms with Gasteiger partial charge in [0.05, 0.1) is 5.56 Å². The number of hydrogen-bond acceptors (Lipinski definition) is 4. The molecule has 3 aromatic rings. The van der Waals surface area contributed by atoms with E-state index in [9.17, 15) is 13.6 Å². The fraction of sp³-hybridized carbons (Fsp3) is 0.105. The van der Waals surface area contributed by atoms with E-state index in [1.165, 1.54) is 0 Å². The largest absolute Gasteiger partial charge is 0.424 e. The zero-order valence-corrected chi connectivity index (χ0v) is 14.1. The summed E-state index contributed by atoms with van der Waals surface area (Å²) in [5.74, 6) is -1.96. The van der Waals surface area contributed by atoms with Crippen LogP contribution in [0.5, 0.6) is 11.8 Å². The summed E-state index contributed by atoms with van der Waals surface area (Å²) in [5.41, 5.74) is 1.67. The van der Waals surface area contributed by atoms with Crippen LogP contribution in [0.3, 0.4) is 0 Å². The minimum Gasteiger partial charge on any atom is -0.424 e. The van der Waals surface area contributed by atoms with E-state index in [0.717, 1.165) is 23.5 Å². The molecule has 26 heavy (non-hydrogen) atoms. The highest BCUT2D eigenvalue weighted by Crippen LogP contribution is 2.23. The third-order valence-corrected chi connectivity index (χ3v) is 3.44. The van der Waals surface area contributed by atoms with Gasteiger partial charge in [0, 0.05) is 29.2 Å². The molecular formula is C19H15F2N3O2. The SMILES string of the molecule is Cc1cc(C)nc(Oc2cccc(NC(=O)c3ccc(F)cc3F)c2)n1. The highest BCUT2D eigenvalue weighted by atomic mass is 19.1. The third-order valence-electron chi connectivity index (χ3n) is 3.44. The number of anilines is 1. The average Bonchev–Trinajstić information content (AvgIpc) is 2.54. The Kier molecular flexibility index (Phi) is 4.88. The molecule has 7 heteroatoms. The van der Waals surface area contributed by atoms with E-state index in [4.69, 9.17) is 4.74 Å². The number of ether oxygens (including phenoxy) is 1. The Morgan fingerprint density at radius 2 is 1.73 bits per heavy atom. The Bertz CT molecular complexity index is 956. The van der Waals surface area contributed by atoms with Crippen LogP contribution in [-0.2, 0) is 0 Å². The maximum Gasteiger partial charge on any atom is 0.322 e. The monoisotopic (exact) mass is 355 g/mol. The number of aromatic nitrogens is 2. The number of amides is 1. The van der Waals surface area contributed by atoms with Crippen LogP contribution < -0.4 is 10.1 Å². The molecule has 1 heterocycles. The molecule has 0 aliphatic rings. The fourth-order valence-corrected chi connectivity index (χ4v) is 2.35. The van der Waals surface area contributed by atoms with Crippen molar-refractivity contribution in [2.24, 2.45) is 0 Å². The summed E-state index contributed by atoms with van der Waals surface area (Å²) in [6, 6.07) is 11.3. The van der Waals surface area contributed by atoms with E-state index in [1.54, 1.807) is 24.3 Å². The van der Waals surface area contributed by atoms with E-state index in [0.29, 0.717) is 17.5 Å². The minimum atomic E-state index is -0.932. The van der Waals surface area contributed by atoms with Crippen LogP contribution in [0.2, 0.25) is 0 Å². The Balaban J connectivity index is 1.77. The molecule has 1 N–H and O–H groups in total.